The fourth-order valence-electron chi connectivity index (χ4n) is 1.45. The first-order valence-corrected chi connectivity index (χ1v) is 6.37. The van der Waals surface area contributed by atoms with Crippen LogP contribution < -0.4 is 10.6 Å². The summed E-state index contributed by atoms with van der Waals surface area (Å²) >= 11 is 0. The Morgan fingerprint density at radius 2 is 1.74 bits per heavy atom. The second-order valence-electron chi connectivity index (χ2n) is 4.28. The molecule has 0 spiro atoms. The number of benzene rings is 1. The third kappa shape index (κ3) is 5.77. The first-order valence-electron chi connectivity index (χ1n) is 6.37. The van der Waals surface area contributed by atoms with Crippen molar-refractivity contribution in [1.82, 2.24) is 5.32 Å². The van der Waals surface area contributed by atoms with Crippen molar-refractivity contribution in [2.24, 2.45) is 0 Å². The van der Waals surface area contributed by atoms with Gasteiger partial charge in [-0.05, 0) is 18.2 Å². The number of alkyl halides is 3. The Labute approximate surface area is 130 Å². The summed E-state index contributed by atoms with van der Waals surface area (Å²) in [4.78, 5) is 22.9. The fraction of sp³-hybridized carbons (Fsp3) is 0.133. The predicted octanol–water partition coefficient (Wildman–Crippen LogP) is 2.52. The van der Waals surface area contributed by atoms with Gasteiger partial charge < -0.3 is 10.6 Å². The number of carbonyl (C=O) groups excluding carboxylic acids is 2. The maximum absolute atomic E-state index is 12.5. The predicted molar refractivity (Wildman–Crippen MR) is 80.1 cm³/mol. The maximum atomic E-state index is 12.5. The van der Waals surface area contributed by atoms with Crippen LogP contribution in [0.4, 0.5) is 18.9 Å². The smallest absolute Gasteiger partial charge is 0.394 e. The number of hydrogen-bond donors (Lipinski definition) is 3. The summed E-state index contributed by atoms with van der Waals surface area (Å²) in [5.74, 6) is -1.65. The van der Waals surface area contributed by atoms with Crippen LogP contribution in [0.5, 0.6) is 0 Å². The van der Waals surface area contributed by atoms with E-state index in [0.717, 1.165) is 30.5 Å². The van der Waals surface area contributed by atoms with Crippen molar-refractivity contribution in [2.45, 2.75) is 6.18 Å². The minimum absolute atomic E-state index is 0.122. The van der Waals surface area contributed by atoms with E-state index in [2.05, 4.69) is 10.6 Å². The lowest BCUT2D eigenvalue weighted by Crippen LogP contribution is -2.20. The highest BCUT2D eigenvalue weighted by Crippen LogP contribution is 2.30. The Morgan fingerprint density at radius 3 is 2.30 bits per heavy atom. The molecule has 0 bridgehead atoms. The number of rotatable bonds is 7. The molecular formula is C15H14F3N3O2. The normalized spacial score (nSPS) is 11.7. The van der Waals surface area contributed by atoms with E-state index in [1.807, 2.05) is 0 Å². The zero-order chi connectivity index (χ0) is 17.5. The highest BCUT2D eigenvalue weighted by molar-refractivity contribution is 6.69. The summed E-state index contributed by atoms with van der Waals surface area (Å²) in [6.45, 7) is 0. The average Bonchev–Trinajstić information content (AvgIpc) is 2.51. The topological polar surface area (TPSA) is 82.1 Å². The van der Waals surface area contributed by atoms with Crippen molar-refractivity contribution >= 4 is 23.0 Å². The summed E-state index contributed by atoms with van der Waals surface area (Å²) < 4.78 is 37.6. The van der Waals surface area contributed by atoms with Gasteiger partial charge in [0.15, 0.2) is 0 Å². The number of anilines is 1. The molecule has 1 aromatic carbocycles. The van der Waals surface area contributed by atoms with Crippen LogP contribution in [0.1, 0.15) is 5.56 Å². The summed E-state index contributed by atoms with van der Waals surface area (Å²) in [6, 6.07) is 4.40. The maximum Gasteiger partial charge on any atom is 0.416 e. The number of halogens is 3. The summed E-state index contributed by atoms with van der Waals surface area (Å²) in [5, 5.41) is 12.4. The average molecular weight is 325 g/mol. The van der Waals surface area contributed by atoms with Crippen LogP contribution in [0.3, 0.4) is 0 Å². The largest absolute Gasteiger partial charge is 0.416 e. The standard InChI is InChI=1S/C15H14F3N3O2/c1-20-7-5-12(22)14(19)13(23)6-8-21-11-4-2-3-10(9-11)15(16,17)18/h2-9,19-21H,1H3/b7-5+,8-6-,19-14?. The van der Waals surface area contributed by atoms with Crippen LogP contribution in [0.15, 0.2) is 48.8 Å². The molecule has 0 saturated heterocycles. The second-order valence-corrected chi connectivity index (χ2v) is 4.28. The quantitative estimate of drug-likeness (QED) is 0.409. The van der Waals surface area contributed by atoms with E-state index in [9.17, 15) is 22.8 Å². The zero-order valence-corrected chi connectivity index (χ0v) is 12.1. The van der Waals surface area contributed by atoms with Crippen molar-refractivity contribution < 1.29 is 22.8 Å². The Hall–Kier alpha value is -2.90. The van der Waals surface area contributed by atoms with E-state index in [-0.39, 0.29) is 5.69 Å². The molecule has 0 amide bonds. The van der Waals surface area contributed by atoms with E-state index >= 15 is 0 Å². The molecule has 1 rings (SSSR count). The SMILES string of the molecule is CN/C=C/C(=O)C(=N)C(=O)/C=C\Nc1cccc(C(F)(F)F)c1. The Bertz CT molecular complexity index is 664. The monoisotopic (exact) mass is 325 g/mol. The third-order valence-corrected chi connectivity index (χ3v) is 2.57. The summed E-state index contributed by atoms with van der Waals surface area (Å²) in [7, 11) is 1.55. The van der Waals surface area contributed by atoms with Crippen LogP contribution in [0.25, 0.3) is 0 Å². The molecule has 0 heterocycles. The van der Waals surface area contributed by atoms with E-state index in [1.54, 1.807) is 7.05 Å². The lowest BCUT2D eigenvalue weighted by Gasteiger charge is -2.08. The molecule has 8 heteroatoms. The van der Waals surface area contributed by atoms with Gasteiger partial charge in [0.1, 0.15) is 5.71 Å². The molecule has 122 valence electrons. The molecule has 3 N–H and O–H groups in total. The van der Waals surface area contributed by atoms with Gasteiger partial charge in [0.05, 0.1) is 5.56 Å². The second kappa shape index (κ2) is 7.92. The Balaban J connectivity index is 2.69. The van der Waals surface area contributed by atoms with Crippen LogP contribution in [0.2, 0.25) is 0 Å². The molecular weight excluding hydrogens is 311 g/mol. The molecule has 0 radical (unpaired) electrons. The molecule has 1 aromatic rings. The van der Waals surface area contributed by atoms with Crippen molar-refractivity contribution in [3.05, 3.63) is 54.4 Å². The van der Waals surface area contributed by atoms with E-state index in [0.29, 0.717) is 0 Å². The highest BCUT2D eigenvalue weighted by atomic mass is 19.4. The van der Waals surface area contributed by atoms with E-state index in [4.69, 9.17) is 5.41 Å². The molecule has 23 heavy (non-hydrogen) atoms. The molecule has 0 saturated carbocycles. The third-order valence-electron chi connectivity index (χ3n) is 2.57. The number of hydrogen-bond acceptors (Lipinski definition) is 5. The number of nitrogens with one attached hydrogen (secondary N) is 3. The number of ketones is 2. The molecule has 0 aliphatic heterocycles. The Kier molecular flexibility index (Phi) is 6.25. The van der Waals surface area contributed by atoms with Gasteiger partial charge in [-0.15, -0.1) is 0 Å². The van der Waals surface area contributed by atoms with Crippen LogP contribution >= 0.6 is 0 Å². The first-order chi connectivity index (χ1) is 10.8. The molecule has 5 nitrogen and oxygen atoms in total. The van der Waals surface area contributed by atoms with Gasteiger partial charge in [0.25, 0.3) is 0 Å². The molecule has 0 aromatic heterocycles. The molecule has 0 atom stereocenters. The van der Waals surface area contributed by atoms with Gasteiger partial charge in [-0.2, -0.15) is 13.2 Å². The lowest BCUT2D eigenvalue weighted by molar-refractivity contribution is -0.137. The molecule has 0 unspecified atom stereocenters. The van der Waals surface area contributed by atoms with Crippen molar-refractivity contribution in [1.29, 1.82) is 5.41 Å². The van der Waals surface area contributed by atoms with Gasteiger partial charge in [-0.1, -0.05) is 6.07 Å². The molecule has 0 aliphatic carbocycles. The van der Waals surface area contributed by atoms with E-state index < -0.39 is 29.0 Å². The van der Waals surface area contributed by atoms with Gasteiger partial charge >= 0.3 is 6.18 Å². The zero-order valence-electron chi connectivity index (χ0n) is 12.1. The number of carbonyl (C=O) groups is 2. The summed E-state index contributed by atoms with van der Waals surface area (Å²) in [5.41, 5.74) is -1.46. The minimum Gasteiger partial charge on any atom is -0.394 e. The Morgan fingerprint density at radius 1 is 1.13 bits per heavy atom. The minimum atomic E-state index is -4.47. The van der Waals surface area contributed by atoms with Gasteiger partial charge in [-0.25, -0.2) is 0 Å². The van der Waals surface area contributed by atoms with E-state index in [1.165, 1.54) is 18.3 Å². The van der Waals surface area contributed by atoms with Crippen molar-refractivity contribution in [3.63, 3.8) is 0 Å². The molecule has 0 aliphatic rings. The number of allylic oxidation sites excluding steroid dienone is 2. The van der Waals surface area contributed by atoms with Crippen LogP contribution in [0, 0.1) is 5.41 Å². The van der Waals surface area contributed by atoms with Gasteiger partial charge in [0, 0.05) is 37.3 Å². The highest BCUT2D eigenvalue weighted by Gasteiger charge is 2.30. The van der Waals surface area contributed by atoms with Gasteiger partial charge in [0.2, 0.25) is 11.6 Å². The van der Waals surface area contributed by atoms with Crippen LogP contribution in [-0.4, -0.2) is 24.3 Å². The molecule has 0 fully saturated rings. The first kappa shape index (κ1) is 18.1. The lowest BCUT2D eigenvalue weighted by atomic mass is 10.1. The van der Waals surface area contributed by atoms with Gasteiger partial charge in [-0.3, -0.25) is 15.0 Å². The van der Waals surface area contributed by atoms with Crippen molar-refractivity contribution in [3.8, 4) is 0 Å². The van der Waals surface area contributed by atoms with Crippen LogP contribution in [-0.2, 0) is 15.8 Å². The van der Waals surface area contributed by atoms with Crippen molar-refractivity contribution in [2.75, 3.05) is 12.4 Å². The fourth-order valence-corrected chi connectivity index (χ4v) is 1.45. The summed E-state index contributed by atoms with van der Waals surface area (Å²) in [6.07, 6.45) is -0.205.